The Kier molecular flexibility index (Phi) is 9.62. The molecular formula is C26H30N5O9S+. The van der Waals surface area contributed by atoms with Crippen LogP contribution in [0.4, 0.5) is 10.5 Å². The van der Waals surface area contributed by atoms with E-state index in [1.54, 1.807) is 47.3 Å². The van der Waals surface area contributed by atoms with Crippen LogP contribution in [0, 0.1) is 0 Å². The molecule has 0 bridgehead atoms. The molecule has 1 aliphatic heterocycles. The summed E-state index contributed by atoms with van der Waals surface area (Å²) in [5.74, 6) is -1.60. The van der Waals surface area contributed by atoms with Crippen LogP contribution in [-0.2, 0) is 35.9 Å². The van der Waals surface area contributed by atoms with Crippen LogP contribution in [0.25, 0.3) is 22.6 Å². The number of imide groups is 1. The molecule has 14 nitrogen and oxygen atoms in total. The zero-order valence-electron chi connectivity index (χ0n) is 22.1. The molecule has 1 aromatic carbocycles. The summed E-state index contributed by atoms with van der Waals surface area (Å²) in [5, 5.41) is 6.00. The SMILES string of the molecule is O=C(NCCCCCC(=O)ON1C(=O)CCC1=O)Nc1ccc2nc(-c3cc[n+](CCCS(=O)(=O)O)cc3)oc2c1. The van der Waals surface area contributed by atoms with Gasteiger partial charge in [0.25, 0.3) is 21.9 Å². The molecule has 1 fully saturated rings. The summed E-state index contributed by atoms with van der Waals surface area (Å²) in [6, 6.07) is 8.23. The third-order valence-electron chi connectivity index (χ3n) is 6.15. The van der Waals surface area contributed by atoms with E-state index in [2.05, 4.69) is 15.6 Å². The van der Waals surface area contributed by atoms with Crippen LogP contribution in [0.15, 0.2) is 47.1 Å². The van der Waals surface area contributed by atoms with Gasteiger partial charge < -0.3 is 19.9 Å². The molecule has 1 saturated heterocycles. The monoisotopic (exact) mass is 588 g/mol. The molecule has 0 aliphatic carbocycles. The number of pyridine rings is 1. The van der Waals surface area contributed by atoms with Crippen molar-refractivity contribution in [2.24, 2.45) is 0 Å². The Morgan fingerprint density at radius 2 is 1.78 bits per heavy atom. The third-order valence-corrected chi connectivity index (χ3v) is 6.95. The summed E-state index contributed by atoms with van der Waals surface area (Å²) in [4.78, 5) is 56.3. The molecule has 1 aliphatic rings. The van der Waals surface area contributed by atoms with E-state index in [1.807, 2.05) is 0 Å². The number of hydrogen-bond donors (Lipinski definition) is 3. The Hall–Kier alpha value is -4.37. The molecule has 0 saturated carbocycles. The van der Waals surface area contributed by atoms with Crippen LogP contribution in [0.3, 0.4) is 0 Å². The van der Waals surface area contributed by atoms with E-state index in [0.717, 1.165) is 0 Å². The van der Waals surface area contributed by atoms with E-state index in [0.29, 0.717) is 65.7 Å². The molecule has 0 spiro atoms. The van der Waals surface area contributed by atoms with Gasteiger partial charge in [-0.3, -0.25) is 14.1 Å². The van der Waals surface area contributed by atoms with Gasteiger partial charge in [-0.15, -0.1) is 5.06 Å². The maximum absolute atomic E-state index is 12.3. The lowest BCUT2D eigenvalue weighted by atomic mass is 10.2. The van der Waals surface area contributed by atoms with E-state index in [4.69, 9.17) is 13.8 Å². The highest BCUT2D eigenvalue weighted by atomic mass is 32.2. The average Bonchev–Trinajstić information content (AvgIpc) is 3.48. The van der Waals surface area contributed by atoms with Gasteiger partial charge in [-0.1, -0.05) is 6.42 Å². The zero-order valence-corrected chi connectivity index (χ0v) is 22.9. The summed E-state index contributed by atoms with van der Waals surface area (Å²) >= 11 is 0. The minimum absolute atomic E-state index is 0.0499. The Morgan fingerprint density at radius 1 is 1.05 bits per heavy atom. The third kappa shape index (κ3) is 8.81. The Balaban J connectivity index is 1.18. The number of aryl methyl sites for hydroxylation is 1. The molecule has 3 N–H and O–H groups in total. The van der Waals surface area contributed by atoms with E-state index in [-0.39, 0.29) is 31.4 Å². The van der Waals surface area contributed by atoms with Gasteiger partial charge in [-0.25, -0.2) is 19.1 Å². The first-order valence-electron chi connectivity index (χ1n) is 13.0. The number of carbonyl (C=O) groups is 4. The lowest BCUT2D eigenvalue weighted by molar-refractivity contribution is -0.696. The molecular weight excluding hydrogens is 558 g/mol. The molecule has 3 heterocycles. The second kappa shape index (κ2) is 13.3. The molecule has 3 aromatic rings. The number of unbranched alkanes of at least 4 members (excludes halogenated alkanes) is 2. The number of nitrogens with zero attached hydrogens (tertiary/aromatic N) is 3. The fraction of sp³-hybridized carbons (Fsp3) is 0.385. The average molecular weight is 589 g/mol. The van der Waals surface area contributed by atoms with Crippen molar-refractivity contribution in [1.29, 1.82) is 0 Å². The smallest absolute Gasteiger partial charge is 0.333 e. The van der Waals surface area contributed by atoms with Crippen LogP contribution >= 0.6 is 0 Å². The number of hydroxylamine groups is 2. The largest absolute Gasteiger partial charge is 0.436 e. The van der Waals surface area contributed by atoms with E-state index >= 15 is 0 Å². The number of carbonyl (C=O) groups excluding carboxylic acids is 4. The molecule has 2 aromatic heterocycles. The first-order chi connectivity index (χ1) is 19.6. The number of fused-ring (bicyclic) bond motifs is 1. The van der Waals surface area contributed by atoms with Crippen molar-refractivity contribution in [3.8, 4) is 11.5 Å². The normalized spacial score (nSPS) is 13.5. The number of urea groups is 1. The summed E-state index contributed by atoms with van der Waals surface area (Å²) in [6.45, 7) is 0.799. The quantitative estimate of drug-likeness (QED) is 0.116. The topological polar surface area (TPSA) is 189 Å². The predicted molar refractivity (Wildman–Crippen MR) is 143 cm³/mol. The van der Waals surface area contributed by atoms with E-state index in [9.17, 15) is 27.6 Å². The summed E-state index contributed by atoms with van der Waals surface area (Å²) < 4.78 is 38.2. The zero-order chi connectivity index (χ0) is 29.4. The number of rotatable bonds is 13. The van der Waals surface area contributed by atoms with Crippen LogP contribution in [0.5, 0.6) is 0 Å². The molecule has 0 atom stereocenters. The number of hydrogen-bond acceptors (Lipinski definition) is 9. The van der Waals surface area contributed by atoms with Crippen molar-refractivity contribution in [2.75, 3.05) is 17.6 Å². The van der Waals surface area contributed by atoms with Gasteiger partial charge in [0.05, 0.1) is 5.75 Å². The maximum atomic E-state index is 12.3. The molecule has 0 radical (unpaired) electrons. The van der Waals surface area contributed by atoms with Crippen LogP contribution in [0.1, 0.15) is 44.9 Å². The van der Waals surface area contributed by atoms with Crippen LogP contribution < -0.4 is 15.2 Å². The summed E-state index contributed by atoms with van der Waals surface area (Å²) in [5.41, 5.74) is 2.31. The van der Waals surface area contributed by atoms with Gasteiger partial charge in [-0.2, -0.15) is 8.42 Å². The minimum atomic E-state index is -3.99. The Bertz CT molecular complexity index is 1520. The van der Waals surface area contributed by atoms with Gasteiger partial charge in [0.2, 0.25) is 5.89 Å². The summed E-state index contributed by atoms with van der Waals surface area (Å²) in [7, 11) is -3.99. The minimum Gasteiger partial charge on any atom is -0.436 e. The number of anilines is 1. The fourth-order valence-corrected chi connectivity index (χ4v) is 4.55. The fourth-order valence-electron chi connectivity index (χ4n) is 4.06. The standard InChI is InChI=1S/C26H29N5O9S/c32-22-8-9-23(33)31(22)40-24(34)5-2-1-3-12-27-26(35)28-19-6-7-20-21(17-19)39-25(29-20)18-10-14-30(15-11-18)13-4-16-41(36,37)38/h6-7,10-11,14-15,17H,1-5,8-9,12-13,16H2,(H2,27,35,36,37,38)/p+1. The highest BCUT2D eigenvalue weighted by molar-refractivity contribution is 7.85. The number of oxazole rings is 1. The predicted octanol–water partition coefficient (Wildman–Crippen LogP) is 2.35. The molecule has 218 valence electrons. The Morgan fingerprint density at radius 3 is 2.49 bits per heavy atom. The highest BCUT2D eigenvalue weighted by Crippen LogP contribution is 2.26. The highest BCUT2D eigenvalue weighted by Gasteiger charge is 2.32. The summed E-state index contributed by atoms with van der Waals surface area (Å²) in [6.07, 6.45) is 5.69. The van der Waals surface area contributed by atoms with Crippen LogP contribution in [-0.4, -0.2) is 59.1 Å². The van der Waals surface area contributed by atoms with Crippen molar-refractivity contribution in [2.45, 2.75) is 51.5 Å². The second-order valence-electron chi connectivity index (χ2n) is 9.40. The van der Waals surface area contributed by atoms with Gasteiger partial charge >= 0.3 is 12.0 Å². The lowest BCUT2D eigenvalue weighted by Crippen LogP contribution is -2.33. The molecule has 41 heavy (non-hydrogen) atoms. The van der Waals surface area contributed by atoms with Crippen molar-refractivity contribution in [3.63, 3.8) is 0 Å². The van der Waals surface area contributed by atoms with Gasteiger partial charge in [-0.05, 0) is 25.0 Å². The van der Waals surface area contributed by atoms with Crippen molar-refractivity contribution in [1.82, 2.24) is 15.4 Å². The lowest BCUT2D eigenvalue weighted by Gasteiger charge is -2.12. The van der Waals surface area contributed by atoms with E-state index < -0.39 is 33.9 Å². The first-order valence-corrected chi connectivity index (χ1v) is 14.6. The van der Waals surface area contributed by atoms with Crippen LogP contribution in [0.2, 0.25) is 0 Å². The molecule has 4 amide bonds. The first kappa shape index (κ1) is 29.6. The number of nitrogens with one attached hydrogen (secondary N) is 2. The molecule has 0 unspecified atom stereocenters. The van der Waals surface area contributed by atoms with Gasteiger partial charge in [0.1, 0.15) is 12.1 Å². The maximum Gasteiger partial charge on any atom is 0.333 e. The second-order valence-corrected chi connectivity index (χ2v) is 11.0. The van der Waals surface area contributed by atoms with Gasteiger partial charge in [0.15, 0.2) is 18.0 Å². The van der Waals surface area contributed by atoms with Crippen molar-refractivity contribution >= 4 is 50.7 Å². The number of amides is 4. The molecule has 15 heteroatoms. The number of aromatic nitrogens is 2. The van der Waals surface area contributed by atoms with E-state index in [1.165, 1.54) is 0 Å². The van der Waals surface area contributed by atoms with Crippen molar-refractivity contribution < 1.29 is 46.0 Å². The number of benzene rings is 1. The van der Waals surface area contributed by atoms with Gasteiger partial charge in [0, 0.05) is 61.7 Å². The molecule has 4 rings (SSSR count). The van der Waals surface area contributed by atoms with Crippen molar-refractivity contribution in [3.05, 3.63) is 42.7 Å². The Labute approximate surface area is 235 Å².